The Balaban J connectivity index is 1.98. The van der Waals surface area contributed by atoms with E-state index in [1.165, 1.54) is 11.1 Å². The normalized spacial score (nSPS) is 15.2. The molecule has 0 spiro atoms. The van der Waals surface area contributed by atoms with Gasteiger partial charge in [-0.15, -0.1) is 0 Å². The number of hydrazone groups is 1. The molecule has 2 amide bonds. The van der Waals surface area contributed by atoms with E-state index < -0.39 is 0 Å². The highest BCUT2D eigenvalue weighted by molar-refractivity contribution is 6.39. The van der Waals surface area contributed by atoms with Crippen molar-refractivity contribution in [2.75, 3.05) is 0 Å². The van der Waals surface area contributed by atoms with Crippen molar-refractivity contribution >= 4 is 17.5 Å². The zero-order chi connectivity index (χ0) is 15.5. The van der Waals surface area contributed by atoms with Crippen LogP contribution in [-0.2, 0) is 16.0 Å². The van der Waals surface area contributed by atoms with Gasteiger partial charge in [0.25, 0.3) is 5.91 Å². The third-order valence-corrected chi connectivity index (χ3v) is 3.39. The summed E-state index contributed by atoms with van der Waals surface area (Å²) in [6.07, 6.45) is 1.43. The zero-order valence-electron chi connectivity index (χ0n) is 12.7. The second-order valence-corrected chi connectivity index (χ2v) is 6.09. The first-order chi connectivity index (χ1) is 9.85. The number of hydrogen-bond donors (Lipinski definition) is 2. The van der Waals surface area contributed by atoms with Crippen LogP contribution in [0.1, 0.15) is 37.8 Å². The minimum Gasteiger partial charge on any atom is -0.346 e. The van der Waals surface area contributed by atoms with Gasteiger partial charge in [0.2, 0.25) is 5.91 Å². The lowest BCUT2D eigenvalue weighted by molar-refractivity contribution is -0.121. The molecule has 1 heterocycles. The summed E-state index contributed by atoms with van der Waals surface area (Å²) < 4.78 is 0. The fraction of sp³-hybridized carbons (Fsp3) is 0.438. The standard InChI is InChI=1S/C16H21N3O2/c1-11-4-6-12(7-5-11)10-16(2,3)17-15(21)13-8-9-14(20)19-18-13/h4-7H,8-10H2,1-3H3,(H,17,21)(H,19,20). The molecule has 1 aliphatic heterocycles. The van der Waals surface area contributed by atoms with Crippen LogP contribution in [-0.4, -0.2) is 23.1 Å². The number of hydrogen-bond acceptors (Lipinski definition) is 3. The SMILES string of the molecule is Cc1ccc(CC(C)(C)NC(=O)C2=NNC(=O)CC2)cc1. The highest BCUT2D eigenvalue weighted by Crippen LogP contribution is 2.14. The molecular formula is C16H21N3O2. The minimum absolute atomic E-state index is 0.148. The van der Waals surface area contributed by atoms with Crippen LogP contribution in [0.25, 0.3) is 0 Å². The Bertz CT molecular complexity index is 574. The van der Waals surface area contributed by atoms with Crippen molar-refractivity contribution < 1.29 is 9.59 Å². The van der Waals surface area contributed by atoms with Gasteiger partial charge in [0.15, 0.2) is 0 Å². The summed E-state index contributed by atoms with van der Waals surface area (Å²) in [5.41, 5.74) is 4.73. The Morgan fingerprint density at radius 1 is 1.29 bits per heavy atom. The van der Waals surface area contributed by atoms with E-state index in [0.29, 0.717) is 18.6 Å². The Hall–Kier alpha value is -2.17. The van der Waals surface area contributed by atoms with Crippen molar-refractivity contribution in [2.45, 2.75) is 45.6 Å². The van der Waals surface area contributed by atoms with E-state index in [9.17, 15) is 9.59 Å². The lowest BCUT2D eigenvalue weighted by Gasteiger charge is -2.27. The predicted molar refractivity (Wildman–Crippen MR) is 81.9 cm³/mol. The largest absolute Gasteiger partial charge is 0.346 e. The van der Waals surface area contributed by atoms with Crippen LogP contribution in [0.2, 0.25) is 0 Å². The average Bonchev–Trinajstić information content (AvgIpc) is 2.41. The summed E-state index contributed by atoms with van der Waals surface area (Å²) in [7, 11) is 0. The first kappa shape index (κ1) is 15.2. The maximum absolute atomic E-state index is 12.2. The molecule has 0 saturated heterocycles. The summed E-state index contributed by atoms with van der Waals surface area (Å²) in [6, 6.07) is 8.27. The molecule has 1 aromatic carbocycles. The van der Waals surface area contributed by atoms with E-state index >= 15 is 0 Å². The number of benzene rings is 1. The summed E-state index contributed by atoms with van der Waals surface area (Å²) in [5, 5.41) is 6.80. The summed E-state index contributed by atoms with van der Waals surface area (Å²) in [5.74, 6) is -0.363. The highest BCUT2D eigenvalue weighted by Gasteiger charge is 2.25. The van der Waals surface area contributed by atoms with Gasteiger partial charge in [0.1, 0.15) is 5.71 Å². The molecule has 112 valence electrons. The molecule has 0 aliphatic carbocycles. The van der Waals surface area contributed by atoms with Crippen LogP contribution in [0.3, 0.4) is 0 Å². The van der Waals surface area contributed by atoms with E-state index in [2.05, 4.69) is 40.1 Å². The monoisotopic (exact) mass is 287 g/mol. The van der Waals surface area contributed by atoms with Gasteiger partial charge in [-0.25, -0.2) is 5.43 Å². The smallest absolute Gasteiger partial charge is 0.267 e. The first-order valence-corrected chi connectivity index (χ1v) is 7.09. The van der Waals surface area contributed by atoms with E-state index in [0.717, 1.165) is 6.42 Å². The molecule has 0 aromatic heterocycles. The maximum atomic E-state index is 12.2. The number of nitrogens with zero attached hydrogens (tertiary/aromatic N) is 1. The van der Waals surface area contributed by atoms with Crippen molar-refractivity contribution in [1.29, 1.82) is 0 Å². The molecule has 0 saturated carbocycles. The first-order valence-electron chi connectivity index (χ1n) is 7.09. The topological polar surface area (TPSA) is 70.6 Å². The van der Waals surface area contributed by atoms with Gasteiger partial charge in [-0.1, -0.05) is 29.8 Å². The lowest BCUT2D eigenvalue weighted by Crippen LogP contribution is -2.49. The van der Waals surface area contributed by atoms with Gasteiger partial charge in [0.05, 0.1) is 0 Å². The Labute approximate surface area is 124 Å². The van der Waals surface area contributed by atoms with Gasteiger partial charge in [-0.05, 0) is 32.8 Å². The molecule has 1 aromatic rings. The van der Waals surface area contributed by atoms with E-state index in [4.69, 9.17) is 0 Å². The van der Waals surface area contributed by atoms with Crippen LogP contribution in [0.4, 0.5) is 0 Å². The fourth-order valence-electron chi connectivity index (χ4n) is 2.28. The second kappa shape index (κ2) is 6.08. The summed E-state index contributed by atoms with van der Waals surface area (Å²) in [4.78, 5) is 23.2. The van der Waals surface area contributed by atoms with E-state index in [1.807, 2.05) is 20.8 Å². The Kier molecular flexibility index (Phi) is 4.40. The fourth-order valence-corrected chi connectivity index (χ4v) is 2.28. The molecule has 2 N–H and O–H groups in total. The molecule has 0 unspecified atom stereocenters. The number of nitrogens with one attached hydrogen (secondary N) is 2. The number of carbonyl (C=O) groups excluding carboxylic acids is 2. The van der Waals surface area contributed by atoms with Crippen molar-refractivity contribution in [3.63, 3.8) is 0 Å². The van der Waals surface area contributed by atoms with Gasteiger partial charge >= 0.3 is 0 Å². The number of rotatable bonds is 4. The Morgan fingerprint density at radius 2 is 1.95 bits per heavy atom. The molecule has 1 aliphatic rings. The lowest BCUT2D eigenvalue weighted by atomic mass is 9.94. The second-order valence-electron chi connectivity index (χ2n) is 6.09. The molecule has 0 fully saturated rings. The van der Waals surface area contributed by atoms with Gasteiger partial charge in [0, 0.05) is 18.4 Å². The molecule has 0 radical (unpaired) electrons. The molecule has 2 rings (SSSR count). The van der Waals surface area contributed by atoms with Crippen LogP contribution in [0, 0.1) is 6.92 Å². The summed E-state index contributed by atoms with van der Waals surface area (Å²) in [6.45, 7) is 6.01. The van der Waals surface area contributed by atoms with Crippen LogP contribution in [0.15, 0.2) is 29.4 Å². The van der Waals surface area contributed by atoms with Crippen molar-refractivity contribution in [1.82, 2.24) is 10.7 Å². The van der Waals surface area contributed by atoms with Crippen molar-refractivity contribution in [2.24, 2.45) is 5.10 Å². The molecule has 5 nitrogen and oxygen atoms in total. The summed E-state index contributed by atoms with van der Waals surface area (Å²) >= 11 is 0. The van der Waals surface area contributed by atoms with Crippen LogP contribution < -0.4 is 10.7 Å². The molecular weight excluding hydrogens is 266 g/mol. The zero-order valence-corrected chi connectivity index (χ0v) is 12.7. The minimum atomic E-state index is -0.379. The van der Waals surface area contributed by atoms with Crippen LogP contribution in [0.5, 0.6) is 0 Å². The molecule has 21 heavy (non-hydrogen) atoms. The van der Waals surface area contributed by atoms with Gasteiger partial charge in [-0.3, -0.25) is 9.59 Å². The average molecular weight is 287 g/mol. The third kappa shape index (κ3) is 4.41. The molecule has 0 atom stereocenters. The van der Waals surface area contributed by atoms with Crippen molar-refractivity contribution in [3.8, 4) is 0 Å². The highest BCUT2D eigenvalue weighted by atomic mass is 16.2. The quantitative estimate of drug-likeness (QED) is 0.885. The van der Waals surface area contributed by atoms with E-state index in [1.54, 1.807) is 0 Å². The predicted octanol–water partition coefficient (Wildman–Crippen LogP) is 1.70. The molecule has 5 heteroatoms. The Morgan fingerprint density at radius 3 is 2.52 bits per heavy atom. The number of amides is 2. The maximum Gasteiger partial charge on any atom is 0.267 e. The number of aryl methyl sites for hydroxylation is 1. The van der Waals surface area contributed by atoms with Crippen molar-refractivity contribution in [3.05, 3.63) is 35.4 Å². The third-order valence-electron chi connectivity index (χ3n) is 3.39. The number of carbonyl (C=O) groups is 2. The molecule has 0 bridgehead atoms. The van der Waals surface area contributed by atoms with Crippen LogP contribution >= 0.6 is 0 Å². The van der Waals surface area contributed by atoms with E-state index in [-0.39, 0.29) is 17.4 Å². The van der Waals surface area contributed by atoms with Gasteiger partial charge < -0.3 is 5.32 Å². The van der Waals surface area contributed by atoms with Gasteiger partial charge in [-0.2, -0.15) is 5.10 Å².